The first kappa shape index (κ1) is 18.5. The number of hydrogen-bond acceptors (Lipinski definition) is 2. The molecule has 1 saturated heterocycles. The molecule has 2 N–H and O–H groups in total. The van der Waals surface area contributed by atoms with E-state index in [-0.39, 0.29) is 23.7 Å². The molecule has 0 saturated carbocycles. The average molecular weight is 376 g/mol. The monoisotopic (exact) mass is 374 g/mol. The molecule has 1 heterocycles. The predicted octanol–water partition coefficient (Wildman–Crippen LogP) is 3.35. The molecule has 1 aliphatic heterocycles. The summed E-state index contributed by atoms with van der Waals surface area (Å²) in [6.07, 6.45) is 0.992. The van der Waals surface area contributed by atoms with Gasteiger partial charge in [-0.3, -0.25) is 4.79 Å². The molecular formula is C16H24BrClN2O. The van der Waals surface area contributed by atoms with Crippen molar-refractivity contribution in [2.75, 3.05) is 19.6 Å². The van der Waals surface area contributed by atoms with Gasteiger partial charge in [0.05, 0.1) is 5.41 Å². The van der Waals surface area contributed by atoms with E-state index in [4.69, 9.17) is 5.73 Å². The summed E-state index contributed by atoms with van der Waals surface area (Å²) in [5, 5.41) is 0. The Morgan fingerprint density at radius 2 is 1.95 bits per heavy atom. The zero-order valence-electron chi connectivity index (χ0n) is 12.9. The van der Waals surface area contributed by atoms with Gasteiger partial charge in [-0.25, -0.2) is 0 Å². The molecule has 0 aliphatic carbocycles. The van der Waals surface area contributed by atoms with Crippen LogP contribution in [0.2, 0.25) is 0 Å². The Hall–Kier alpha value is -0.580. The highest BCUT2D eigenvalue weighted by Gasteiger charge is 2.40. The van der Waals surface area contributed by atoms with E-state index in [2.05, 4.69) is 22.9 Å². The molecule has 0 aromatic heterocycles. The van der Waals surface area contributed by atoms with Crippen LogP contribution in [0.1, 0.15) is 32.8 Å². The third kappa shape index (κ3) is 3.79. The zero-order chi connectivity index (χ0) is 15.0. The second-order valence-corrected chi connectivity index (χ2v) is 7.54. The molecule has 1 aliphatic rings. The number of benzene rings is 1. The summed E-state index contributed by atoms with van der Waals surface area (Å²) in [6.45, 7) is 8.37. The number of carbonyl (C=O) groups is 1. The molecule has 0 spiro atoms. The van der Waals surface area contributed by atoms with Crippen LogP contribution in [0, 0.1) is 5.41 Å². The van der Waals surface area contributed by atoms with E-state index in [1.54, 1.807) is 0 Å². The molecule has 21 heavy (non-hydrogen) atoms. The minimum atomic E-state index is -0.499. The molecule has 1 atom stereocenters. The topological polar surface area (TPSA) is 46.3 Å². The lowest BCUT2D eigenvalue weighted by Gasteiger charge is -2.31. The third-order valence-electron chi connectivity index (χ3n) is 4.44. The summed E-state index contributed by atoms with van der Waals surface area (Å²) in [5.74, 6) is 0.192. The van der Waals surface area contributed by atoms with Crippen molar-refractivity contribution < 1.29 is 4.79 Å². The smallest absolute Gasteiger partial charge is 0.232 e. The second kappa shape index (κ2) is 6.67. The fraction of sp³-hybridized carbons (Fsp3) is 0.562. The standard InChI is InChI=1S/C16H23BrN2O.ClH/c1-15(2,12-4-6-13(17)7-5-12)14(20)19-9-8-16(3,10-18)11-19;/h4-7H,8-11,18H2,1-3H3;1H. The van der Waals surface area contributed by atoms with Gasteiger partial charge in [0.15, 0.2) is 0 Å². The molecule has 1 aromatic rings. The SMILES string of the molecule is CC1(CN)CCN(C(=O)C(C)(C)c2ccc(Br)cc2)C1.Cl. The molecule has 3 nitrogen and oxygen atoms in total. The largest absolute Gasteiger partial charge is 0.341 e. The van der Waals surface area contributed by atoms with Crippen molar-refractivity contribution in [1.82, 2.24) is 4.90 Å². The predicted molar refractivity (Wildman–Crippen MR) is 92.8 cm³/mol. The van der Waals surface area contributed by atoms with E-state index in [9.17, 15) is 4.79 Å². The molecule has 5 heteroatoms. The van der Waals surface area contributed by atoms with E-state index in [1.165, 1.54) is 0 Å². The number of hydrogen-bond donors (Lipinski definition) is 1. The van der Waals surface area contributed by atoms with Gasteiger partial charge in [-0.2, -0.15) is 0 Å². The van der Waals surface area contributed by atoms with Gasteiger partial charge >= 0.3 is 0 Å². The molecule has 1 amide bonds. The molecule has 1 fully saturated rings. The van der Waals surface area contributed by atoms with Gasteiger partial charge in [0, 0.05) is 17.6 Å². The highest BCUT2D eigenvalue weighted by Crippen LogP contribution is 2.33. The lowest BCUT2D eigenvalue weighted by Crippen LogP contribution is -2.43. The van der Waals surface area contributed by atoms with Crippen LogP contribution < -0.4 is 5.73 Å². The van der Waals surface area contributed by atoms with Crippen LogP contribution in [0.5, 0.6) is 0 Å². The number of carbonyl (C=O) groups excluding carboxylic acids is 1. The lowest BCUT2D eigenvalue weighted by molar-refractivity contribution is -0.135. The summed E-state index contributed by atoms with van der Waals surface area (Å²) in [6, 6.07) is 8.00. The second-order valence-electron chi connectivity index (χ2n) is 6.62. The molecule has 1 aromatic carbocycles. The van der Waals surface area contributed by atoms with E-state index in [1.807, 2.05) is 43.0 Å². The van der Waals surface area contributed by atoms with Gasteiger partial charge in [-0.15, -0.1) is 12.4 Å². The van der Waals surface area contributed by atoms with Gasteiger partial charge in [-0.05, 0) is 49.9 Å². The minimum Gasteiger partial charge on any atom is -0.341 e. The summed E-state index contributed by atoms with van der Waals surface area (Å²) >= 11 is 3.43. The van der Waals surface area contributed by atoms with Crippen LogP contribution in [-0.2, 0) is 10.2 Å². The van der Waals surface area contributed by atoms with E-state index < -0.39 is 5.41 Å². The Balaban J connectivity index is 0.00000220. The maximum atomic E-state index is 12.8. The highest BCUT2D eigenvalue weighted by atomic mass is 79.9. The highest BCUT2D eigenvalue weighted by molar-refractivity contribution is 9.10. The lowest BCUT2D eigenvalue weighted by atomic mass is 9.83. The fourth-order valence-electron chi connectivity index (χ4n) is 2.75. The number of nitrogens with zero attached hydrogens (tertiary/aromatic N) is 1. The molecule has 0 bridgehead atoms. The van der Waals surface area contributed by atoms with Crippen molar-refractivity contribution in [1.29, 1.82) is 0 Å². The van der Waals surface area contributed by atoms with Crippen molar-refractivity contribution in [3.8, 4) is 0 Å². The van der Waals surface area contributed by atoms with Gasteiger partial charge < -0.3 is 10.6 Å². The van der Waals surface area contributed by atoms with E-state index in [0.29, 0.717) is 6.54 Å². The molecular weight excluding hydrogens is 352 g/mol. The summed E-state index contributed by atoms with van der Waals surface area (Å²) in [7, 11) is 0. The maximum absolute atomic E-state index is 12.8. The van der Waals surface area contributed by atoms with Crippen molar-refractivity contribution in [3.05, 3.63) is 34.3 Å². The maximum Gasteiger partial charge on any atom is 0.232 e. The minimum absolute atomic E-state index is 0. The first-order valence-electron chi connectivity index (χ1n) is 7.04. The van der Waals surface area contributed by atoms with Crippen LogP contribution in [0.25, 0.3) is 0 Å². The quantitative estimate of drug-likeness (QED) is 0.880. The average Bonchev–Trinajstić information content (AvgIpc) is 2.82. The number of nitrogens with two attached hydrogens (primary N) is 1. The van der Waals surface area contributed by atoms with Gasteiger partial charge in [0.25, 0.3) is 0 Å². The number of amides is 1. The molecule has 118 valence electrons. The third-order valence-corrected chi connectivity index (χ3v) is 4.97. The van der Waals surface area contributed by atoms with Gasteiger partial charge in [-0.1, -0.05) is 35.0 Å². The van der Waals surface area contributed by atoms with Crippen LogP contribution in [0.15, 0.2) is 28.7 Å². The molecule has 0 radical (unpaired) electrons. The number of likely N-dealkylation sites (tertiary alicyclic amines) is 1. The number of halogens is 2. The number of rotatable bonds is 3. The van der Waals surface area contributed by atoms with Crippen LogP contribution in [-0.4, -0.2) is 30.4 Å². The zero-order valence-corrected chi connectivity index (χ0v) is 15.3. The van der Waals surface area contributed by atoms with Crippen molar-refractivity contribution in [2.24, 2.45) is 11.1 Å². The van der Waals surface area contributed by atoms with Crippen molar-refractivity contribution >= 4 is 34.2 Å². The van der Waals surface area contributed by atoms with Crippen LogP contribution >= 0.6 is 28.3 Å². The molecule has 1 unspecified atom stereocenters. The molecule has 2 rings (SSSR count). The normalized spacial score (nSPS) is 22.0. The van der Waals surface area contributed by atoms with Crippen LogP contribution in [0.3, 0.4) is 0 Å². The fourth-order valence-corrected chi connectivity index (χ4v) is 3.01. The van der Waals surface area contributed by atoms with Gasteiger partial charge in [0.2, 0.25) is 5.91 Å². The Labute approximate surface area is 141 Å². The summed E-state index contributed by atoms with van der Waals surface area (Å²) < 4.78 is 1.03. The van der Waals surface area contributed by atoms with Crippen LogP contribution in [0.4, 0.5) is 0 Å². The summed E-state index contributed by atoms with van der Waals surface area (Å²) in [5.41, 5.74) is 6.45. The summed E-state index contributed by atoms with van der Waals surface area (Å²) in [4.78, 5) is 14.8. The first-order chi connectivity index (χ1) is 9.28. The Bertz CT molecular complexity index is 504. The van der Waals surface area contributed by atoms with E-state index in [0.717, 1.165) is 29.5 Å². The Kier molecular flexibility index (Phi) is 5.87. The van der Waals surface area contributed by atoms with Gasteiger partial charge in [0.1, 0.15) is 0 Å². The van der Waals surface area contributed by atoms with Crippen molar-refractivity contribution in [3.63, 3.8) is 0 Å². The van der Waals surface area contributed by atoms with Crippen molar-refractivity contribution in [2.45, 2.75) is 32.6 Å². The Morgan fingerprint density at radius 3 is 2.43 bits per heavy atom. The Morgan fingerprint density at radius 1 is 1.38 bits per heavy atom. The first-order valence-corrected chi connectivity index (χ1v) is 7.83. The van der Waals surface area contributed by atoms with E-state index >= 15 is 0 Å².